The Kier molecular flexibility index (Phi) is 5.65. The average molecular weight is 484 g/mol. The summed E-state index contributed by atoms with van der Waals surface area (Å²) >= 11 is 11.9. The molecule has 106 valence electrons. The van der Waals surface area contributed by atoms with Crippen LogP contribution in [0.15, 0.2) is 36.3 Å². The summed E-state index contributed by atoms with van der Waals surface area (Å²) in [4.78, 5) is 11.8. The van der Waals surface area contributed by atoms with E-state index in [4.69, 9.17) is 4.74 Å². The monoisotopic (exact) mass is 481 g/mol. The Balaban J connectivity index is 2.27. The van der Waals surface area contributed by atoms with E-state index in [1.165, 1.54) is 7.11 Å². The molecule has 0 radical (unpaired) electrons. The van der Waals surface area contributed by atoms with Gasteiger partial charge in [-0.2, -0.15) is 0 Å². The molecule has 0 unspecified atom stereocenters. The van der Waals surface area contributed by atoms with Crippen LogP contribution in [0.1, 0.15) is 15.9 Å². The quantitative estimate of drug-likeness (QED) is 0.589. The molecule has 1 aromatic heterocycles. The summed E-state index contributed by atoms with van der Waals surface area (Å²) in [6.07, 6.45) is 0. The van der Waals surface area contributed by atoms with E-state index in [1.54, 1.807) is 17.4 Å². The number of methoxy groups -OCH3 is 1. The van der Waals surface area contributed by atoms with E-state index in [2.05, 4.69) is 58.5 Å². The Hall–Kier alpha value is -0.370. The molecule has 3 nitrogen and oxygen atoms in total. The van der Waals surface area contributed by atoms with Crippen LogP contribution in [0, 0.1) is 0 Å². The van der Waals surface area contributed by atoms with Gasteiger partial charge in [-0.1, -0.05) is 15.9 Å². The van der Waals surface area contributed by atoms with E-state index in [9.17, 15) is 4.79 Å². The third-order valence-corrected chi connectivity index (χ3v) is 5.19. The van der Waals surface area contributed by atoms with E-state index in [0.717, 1.165) is 24.0 Å². The number of benzene rings is 1. The van der Waals surface area contributed by atoms with Crippen LogP contribution in [0.5, 0.6) is 0 Å². The van der Waals surface area contributed by atoms with Crippen molar-refractivity contribution in [2.45, 2.75) is 6.54 Å². The average Bonchev–Trinajstić information content (AvgIpc) is 2.81. The van der Waals surface area contributed by atoms with Crippen molar-refractivity contribution in [3.63, 3.8) is 0 Å². The van der Waals surface area contributed by atoms with Gasteiger partial charge < -0.3 is 10.1 Å². The van der Waals surface area contributed by atoms with Gasteiger partial charge in [-0.25, -0.2) is 4.79 Å². The molecule has 0 saturated heterocycles. The third-order valence-electron chi connectivity index (χ3n) is 2.55. The summed E-state index contributed by atoms with van der Waals surface area (Å²) in [5, 5.41) is 5.33. The minimum atomic E-state index is -0.374. The number of nitrogens with one attached hydrogen (secondary N) is 1. The van der Waals surface area contributed by atoms with E-state index in [1.807, 2.05) is 12.1 Å². The molecule has 0 spiro atoms. The Morgan fingerprint density at radius 2 is 2.05 bits per heavy atom. The predicted molar refractivity (Wildman–Crippen MR) is 92.5 cm³/mol. The zero-order valence-corrected chi connectivity index (χ0v) is 15.9. The highest BCUT2D eigenvalue weighted by Crippen LogP contribution is 2.32. The SMILES string of the molecule is COC(=O)c1cc(Br)cc(Br)c1NCc1csc(Br)c1. The summed E-state index contributed by atoms with van der Waals surface area (Å²) in [5.41, 5.74) is 2.36. The second-order valence-electron chi connectivity index (χ2n) is 3.91. The number of carbonyl (C=O) groups excluding carboxylic acids is 1. The van der Waals surface area contributed by atoms with Gasteiger partial charge >= 0.3 is 5.97 Å². The fraction of sp³-hybridized carbons (Fsp3) is 0.154. The number of esters is 1. The first-order chi connectivity index (χ1) is 9.51. The molecule has 20 heavy (non-hydrogen) atoms. The van der Waals surface area contributed by atoms with Gasteiger partial charge in [0.25, 0.3) is 0 Å². The lowest BCUT2D eigenvalue weighted by atomic mass is 10.1. The first kappa shape index (κ1) is 16.0. The Labute approximate surface area is 146 Å². The standard InChI is InChI=1S/C13H10Br3NO2S/c1-19-13(18)9-3-8(14)4-10(15)12(9)17-5-7-2-11(16)20-6-7/h2-4,6,17H,5H2,1H3. The molecule has 7 heteroatoms. The molecule has 0 saturated carbocycles. The molecule has 0 atom stereocenters. The zero-order valence-electron chi connectivity index (χ0n) is 10.4. The maximum absolute atomic E-state index is 11.8. The molecular weight excluding hydrogens is 474 g/mol. The van der Waals surface area contributed by atoms with Gasteiger partial charge in [0, 0.05) is 15.5 Å². The Bertz CT molecular complexity index is 643. The number of hydrogen-bond donors (Lipinski definition) is 1. The maximum Gasteiger partial charge on any atom is 0.340 e. The van der Waals surface area contributed by atoms with Crippen molar-refractivity contribution in [1.29, 1.82) is 0 Å². The minimum absolute atomic E-state index is 0.374. The van der Waals surface area contributed by atoms with Crippen molar-refractivity contribution in [3.05, 3.63) is 47.4 Å². The summed E-state index contributed by atoms with van der Waals surface area (Å²) < 4.78 is 7.52. The van der Waals surface area contributed by atoms with Crippen molar-refractivity contribution in [1.82, 2.24) is 0 Å². The number of thiophene rings is 1. The largest absolute Gasteiger partial charge is 0.465 e. The maximum atomic E-state index is 11.8. The summed E-state index contributed by atoms with van der Waals surface area (Å²) in [6.45, 7) is 0.631. The van der Waals surface area contributed by atoms with Gasteiger partial charge in [0.05, 0.1) is 22.1 Å². The number of anilines is 1. The molecular formula is C13H10Br3NO2S. The molecule has 0 aliphatic heterocycles. The van der Waals surface area contributed by atoms with Gasteiger partial charge in [0.1, 0.15) is 0 Å². The van der Waals surface area contributed by atoms with Gasteiger partial charge in [-0.05, 0) is 61.0 Å². The van der Waals surface area contributed by atoms with Gasteiger partial charge in [0.2, 0.25) is 0 Å². The second-order valence-corrected chi connectivity index (χ2v) is 7.97. The minimum Gasteiger partial charge on any atom is -0.465 e. The predicted octanol–water partition coefficient (Wildman–Crippen LogP) is 5.43. The lowest BCUT2D eigenvalue weighted by molar-refractivity contribution is 0.0601. The molecule has 1 heterocycles. The molecule has 0 amide bonds. The fourth-order valence-corrected chi connectivity index (χ4v) is 4.23. The topological polar surface area (TPSA) is 38.3 Å². The van der Waals surface area contributed by atoms with Gasteiger partial charge in [-0.15, -0.1) is 11.3 Å². The molecule has 2 aromatic rings. The van der Waals surface area contributed by atoms with Crippen LogP contribution >= 0.6 is 59.1 Å². The highest BCUT2D eigenvalue weighted by molar-refractivity contribution is 9.11. The number of hydrogen-bond acceptors (Lipinski definition) is 4. The van der Waals surface area contributed by atoms with Crippen LogP contribution in [0.3, 0.4) is 0 Å². The molecule has 2 rings (SSSR count). The van der Waals surface area contributed by atoms with Crippen LogP contribution < -0.4 is 5.32 Å². The smallest absolute Gasteiger partial charge is 0.340 e. The van der Waals surface area contributed by atoms with Gasteiger partial charge in [-0.3, -0.25) is 0 Å². The highest BCUT2D eigenvalue weighted by Gasteiger charge is 2.16. The Morgan fingerprint density at radius 1 is 1.30 bits per heavy atom. The van der Waals surface area contributed by atoms with Crippen molar-refractivity contribution >= 4 is 70.8 Å². The first-order valence-electron chi connectivity index (χ1n) is 5.55. The van der Waals surface area contributed by atoms with Crippen LogP contribution in [0.4, 0.5) is 5.69 Å². The molecule has 0 aliphatic rings. The van der Waals surface area contributed by atoms with Crippen molar-refractivity contribution < 1.29 is 9.53 Å². The lowest BCUT2D eigenvalue weighted by Crippen LogP contribution is -2.09. The van der Waals surface area contributed by atoms with E-state index >= 15 is 0 Å². The molecule has 1 aromatic carbocycles. The lowest BCUT2D eigenvalue weighted by Gasteiger charge is -2.13. The normalized spacial score (nSPS) is 10.4. The van der Waals surface area contributed by atoms with E-state index < -0.39 is 0 Å². The number of carbonyl (C=O) groups is 1. The summed E-state index contributed by atoms with van der Waals surface area (Å²) in [5.74, 6) is -0.374. The summed E-state index contributed by atoms with van der Waals surface area (Å²) in [7, 11) is 1.37. The number of ether oxygens (including phenoxy) is 1. The Morgan fingerprint density at radius 3 is 2.65 bits per heavy atom. The molecule has 0 fully saturated rings. The van der Waals surface area contributed by atoms with Crippen LogP contribution in [0.25, 0.3) is 0 Å². The fourth-order valence-electron chi connectivity index (χ4n) is 1.65. The zero-order chi connectivity index (χ0) is 14.7. The highest BCUT2D eigenvalue weighted by atomic mass is 79.9. The molecule has 0 bridgehead atoms. The van der Waals surface area contributed by atoms with Crippen molar-refractivity contribution in [2.24, 2.45) is 0 Å². The summed E-state index contributed by atoms with van der Waals surface area (Å²) in [6, 6.07) is 5.67. The van der Waals surface area contributed by atoms with Crippen LogP contribution in [-0.4, -0.2) is 13.1 Å². The molecule has 0 aliphatic carbocycles. The third kappa shape index (κ3) is 3.84. The van der Waals surface area contributed by atoms with Crippen molar-refractivity contribution in [2.75, 3.05) is 12.4 Å². The molecule has 1 N–H and O–H groups in total. The first-order valence-corrected chi connectivity index (χ1v) is 8.81. The number of rotatable bonds is 4. The van der Waals surface area contributed by atoms with Gasteiger partial charge in [0.15, 0.2) is 0 Å². The van der Waals surface area contributed by atoms with Crippen LogP contribution in [-0.2, 0) is 11.3 Å². The number of halogens is 3. The van der Waals surface area contributed by atoms with Crippen molar-refractivity contribution in [3.8, 4) is 0 Å². The van der Waals surface area contributed by atoms with E-state index in [0.29, 0.717) is 12.1 Å². The van der Waals surface area contributed by atoms with E-state index in [-0.39, 0.29) is 5.97 Å². The van der Waals surface area contributed by atoms with Crippen LogP contribution in [0.2, 0.25) is 0 Å². The second kappa shape index (κ2) is 7.06.